The summed E-state index contributed by atoms with van der Waals surface area (Å²) in [5.74, 6) is 2.22. The highest BCUT2D eigenvalue weighted by atomic mass is 16.5. The largest absolute Gasteiger partial charge is 0.493 e. The molecule has 9 heteroatoms. The number of methoxy groups -OCH3 is 2. The SMILES string of the molecule is COc1cccc(NC(=O)N2CCC(c3nnc(-c4ccoc4)o3)CC2)c1OC. The number of hydrogen-bond donors (Lipinski definition) is 1. The first-order valence-electron chi connectivity index (χ1n) is 9.32. The number of para-hydroxylation sites is 1. The second-order valence-electron chi connectivity index (χ2n) is 6.69. The number of ether oxygens (including phenoxy) is 2. The van der Waals surface area contributed by atoms with Crippen molar-refractivity contribution in [3.8, 4) is 23.0 Å². The summed E-state index contributed by atoms with van der Waals surface area (Å²) in [7, 11) is 3.10. The number of amides is 2. The maximum absolute atomic E-state index is 12.7. The molecule has 1 N–H and O–H groups in total. The molecule has 0 radical (unpaired) electrons. The van der Waals surface area contributed by atoms with Gasteiger partial charge in [-0.15, -0.1) is 10.2 Å². The minimum atomic E-state index is -0.181. The molecule has 0 aliphatic carbocycles. The lowest BCUT2D eigenvalue weighted by Crippen LogP contribution is -2.40. The van der Waals surface area contributed by atoms with Crippen LogP contribution in [-0.4, -0.2) is 48.4 Å². The second-order valence-corrected chi connectivity index (χ2v) is 6.69. The maximum Gasteiger partial charge on any atom is 0.321 e. The van der Waals surface area contributed by atoms with Crippen molar-refractivity contribution < 1.29 is 23.1 Å². The molecule has 1 aliphatic heterocycles. The third kappa shape index (κ3) is 3.89. The first kappa shape index (κ1) is 18.9. The highest BCUT2D eigenvalue weighted by molar-refractivity contribution is 5.91. The Morgan fingerprint density at radius 2 is 2.00 bits per heavy atom. The molecule has 1 aliphatic rings. The van der Waals surface area contributed by atoms with Gasteiger partial charge in [0.25, 0.3) is 5.89 Å². The minimum absolute atomic E-state index is 0.124. The molecule has 4 rings (SSSR count). The highest BCUT2D eigenvalue weighted by Crippen LogP contribution is 2.35. The van der Waals surface area contributed by atoms with Gasteiger partial charge >= 0.3 is 6.03 Å². The van der Waals surface area contributed by atoms with E-state index in [4.69, 9.17) is 18.3 Å². The van der Waals surface area contributed by atoms with Crippen molar-refractivity contribution in [3.63, 3.8) is 0 Å². The summed E-state index contributed by atoms with van der Waals surface area (Å²) in [6.45, 7) is 1.18. The van der Waals surface area contributed by atoms with Crippen LogP contribution >= 0.6 is 0 Å². The third-order valence-electron chi connectivity index (χ3n) is 4.98. The van der Waals surface area contributed by atoms with Crippen LogP contribution < -0.4 is 14.8 Å². The Bertz CT molecular complexity index is 961. The monoisotopic (exact) mass is 398 g/mol. The molecule has 0 unspecified atom stereocenters. The number of nitrogens with zero attached hydrogens (tertiary/aromatic N) is 3. The van der Waals surface area contributed by atoms with E-state index in [1.807, 2.05) is 0 Å². The van der Waals surface area contributed by atoms with Crippen LogP contribution in [0.15, 0.2) is 45.6 Å². The van der Waals surface area contributed by atoms with Gasteiger partial charge in [0.05, 0.1) is 31.7 Å². The lowest BCUT2D eigenvalue weighted by Gasteiger charge is -2.30. The Balaban J connectivity index is 1.37. The first-order valence-corrected chi connectivity index (χ1v) is 9.32. The van der Waals surface area contributed by atoms with Crippen LogP contribution in [0.3, 0.4) is 0 Å². The van der Waals surface area contributed by atoms with Gasteiger partial charge in [0, 0.05) is 19.0 Å². The molecule has 2 aromatic heterocycles. The van der Waals surface area contributed by atoms with Gasteiger partial charge in [0.1, 0.15) is 6.26 Å². The normalized spacial score (nSPS) is 14.6. The van der Waals surface area contributed by atoms with Crippen molar-refractivity contribution in [2.75, 3.05) is 32.6 Å². The van der Waals surface area contributed by atoms with E-state index < -0.39 is 0 Å². The predicted molar refractivity (Wildman–Crippen MR) is 104 cm³/mol. The molecule has 152 valence electrons. The minimum Gasteiger partial charge on any atom is -0.493 e. The molecule has 2 amide bonds. The maximum atomic E-state index is 12.7. The Labute approximate surface area is 167 Å². The molecule has 3 aromatic rings. The number of anilines is 1. The van der Waals surface area contributed by atoms with Crippen molar-refractivity contribution in [2.24, 2.45) is 0 Å². The van der Waals surface area contributed by atoms with Crippen LogP contribution in [0, 0.1) is 0 Å². The second kappa shape index (κ2) is 8.26. The molecular weight excluding hydrogens is 376 g/mol. The van der Waals surface area contributed by atoms with E-state index in [0.717, 1.165) is 18.4 Å². The van der Waals surface area contributed by atoms with Crippen molar-refractivity contribution in [3.05, 3.63) is 42.7 Å². The summed E-state index contributed by atoms with van der Waals surface area (Å²) < 4.78 is 21.5. The number of piperidine rings is 1. The van der Waals surface area contributed by atoms with Crippen LogP contribution in [0.1, 0.15) is 24.7 Å². The lowest BCUT2D eigenvalue weighted by atomic mass is 9.97. The number of furan rings is 1. The molecule has 0 spiro atoms. The van der Waals surface area contributed by atoms with Gasteiger partial charge in [-0.3, -0.25) is 0 Å². The molecule has 1 saturated heterocycles. The average molecular weight is 398 g/mol. The van der Waals surface area contributed by atoms with Gasteiger partial charge < -0.3 is 28.5 Å². The summed E-state index contributed by atoms with van der Waals surface area (Å²) in [5.41, 5.74) is 1.33. The van der Waals surface area contributed by atoms with Gasteiger partial charge in [-0.2, -0.15) is 0 Å². The van der Waals surface area contributed by atoms with E-state index in [1.54, 1.807) is 55.9 Å². The van der Waals surface area contributed by atoms with Crippen LogP contribution in [0.5, 0.6) is 11.5 Å². The predicted octanol–water partition coefficient (Wildman–Crippen LogP) is 3.76. The molecule has 0 bridgehead atoms. The Kier molecular flexibility index (Phi) is 5.37. The summed E-state index contributed by atoms with van der Waals surface area (Å²) in [5, 5.41) is 11.2. The average Bonchev–Trinajstić information content (AvgIpc) is 3.45. The third-order valence-corrected chi connectivity index (χ3v) is 4.98. The molecule has 1 fully saturated rings. The Hall–Kier alpha value is -3.49. The number of urea groups is 1. The van der Waals surface area contributed by atoms with Gasteiger partial charge in [0.15, 0.2) is 11.5 Å². The molecule has 0 atom stereocenters. The van der Waals surface area contributed by atoms with E-state index in [1.165, 1.54) is 0 Å². The van der Waals surface area contributed by atoms with E-state index in [0.29, 0.717) is 42.1 Å². The zero-order valence-electron chi connectivity index (χ0n) is 16.3. The first-order chi connectivity index (χ1) is 14.2. The van der Waals surface area contributed by atoms with Crippen LogP contribution in [0.2, 0.25) is 0 Å². The molecular formula is C20H22N4O5. The molecule has 29 heavy (non-hydrogen) atoms. The zero-order valence-corrected chi connectivity index (χ0v) is 16.3. The van der Waals surface area contributed by atoms with Gasteiger partial charge in [-0.25, -0.2) is 4.79 Å². The van der Waals surface area contributed by atoms with Crippen LogP contribution in [-0.2, 0) is 0 Å². The van der Waals surface area contributed by atoms with Gasteiger partial charge in [0.2, 0.25) is 5.89 Å². The fraction of sp³-hybridized carbons (Fsp3) is 0.350. The standard InChI is InChI=1S/C20H22N4O5/c1-26-16-5-3-4-15(17(16)27-2)21-20(25)24-9-6-13(7-10-24)18-22-23-19(29-18)14-8-11-28-12-14/h3-5,8,11-13H,6-7,9-10H2,1-2H3,(H,21,25). The quantitative estimate of drug-likeness (QED) is 0.698. The molecule has 1 aromatic carbocycles. The van der Waals surface area contributed by atoms with E-state index >= 15 is 0 Å². The number of carbonyl (C=O) groups excluding carboxylic acids is 1. The number of rotatable bonds is 5. The number of likely N-dealkylation sites (tertiary alicyclic amines) is 1. The Morgan fingerprint density at radius 1 is 1.17 bits per heavy atom. The smallest absolute Gasteiger partial charge is 0.321 e. The molecule has 9 nitrogen and oxygen atoms in total. The fourth-order valence-electron chi connectivity index (χ4n) is 3.41. The van der Waals surface area contributed by atoms with Crippen molar-refractivity contribution in [1.29, 1.82) is 0 Å². The number of carbonyl (C=O) groups is 1. The van der Waals surface area contributed by atoms with E-state index in [9.17, 15) is 4.79 Å². The van der Waals surface area contributed by atoms with Crippen molar-refractivity contribution in [1.82, 2.24) is 15.1 Å². The zero-order chi connectivity index (χ0) is 20.2. The van der Waals surface area contributed by atoms with Crippen molar-refractivity contribution in [2.45, 2.75) is 18.8 Å². The molecule has 3 heterocycles. The number of benzene rings is 1. The summed E-state index contributed by atoms with van der Waals surface area (Å²) in [6.07, 6.45) is 4.62. The number of hydrogen-bond acceptors (Lipinski definition) is 7. The van der Waals surface area contributed by atoms with Gasteiger partial charge in [-0.05, 0) is 31.0 Å². The van der Waals surface area contributed by atoms with E-state index in [2.05, 4.69) is 15.5 Å². The summed E-state index contributed by atoms with van der Waals surface area (Å²) >= 11 is 0. The summed E-state index contributed by atoms with van der Waals surface area (Å²) in [4.78, 5) is 14.5. The Morgan fingerprint density at radius 3 is 2.69 bits per heavy atom. The number of aromatic nitrogens is 2. The van der Waals surface area contributed by atoms with Crippen molar-refractivity contribution >= 4 is 11.7 Å². The number of nitrogens with one attached hydrogen (secondary N) is 1. The topological polar surface area (TPSA) is 103 Å². The van der Waals surface area contributed by atoms with Crippen LogP contribution in [0.25, 0.3) is 11.5 Å². The van der Waals surface area contributed by atoms with Gasteiger partial charge in [-0.1, -0.05) is 6.07 Å². The van der Waals surface area contributed by atoms with Crippen LogP contribution in [0.4, 0.5) is 10.5 Å². The lowest BCUT2D eigenvalue weighted by molar-refractivity contribution is 0.190. The fourth-order valence-corrected chi connectivity index (χ4v) is 3.41. The molecule has 0 saturated carbocycles. The van der Waals surface area contributed by atoms with E-state index in [-0.39, 0.29) is 11.9 Å². The summed E-state index contributed by atoms with van der Waals surface area (Å²) in [6, 6.07) is 6.96. The highest BCUT2D eigenvalue weighted by Gasteiger charge is 2.28.